The van der Waals surface area contributed by atoms with Gasteiger partial charge >= 0.3 is 0 Å². The highest BCUT2D eigenvalue weighted by molar-refractivity contribution is 5.68. The number of aryl methyl sites for hydroxylation is 2. The molecule has 1 aliphatic rings. The van der Waals surface area contributed by atoms with E-state index in [1.165, 1.54) is 4.68 Å². The summed E-state index contributed by atoms with van der Waals surface area (Å²) in [5, 5.41) is 14.7. The number of aliphatic hydroxyl groups is 1. The van der Waals surface area contributed by atoms with Gasteiger partial charge in [-0.25, -0.2) is 27.8 Å². The van der Waals surface area contributed by atoms with E-state index in [-0.39, 0.29) is 18.5 Å². The molecule has 0 radical (unpaired) electrons. The number of hydrogen-bond donors (Lipinski definition) is 1. The molecule has 174 valence electrons. The fraction of sp³-hybridized carbons (Fsp3) is 0.240. The van der Waals surface area contributed by atoms with Crippen LogP contribution in [0.4, 0.5) is 13.2 Å². The summed E-state index contributed by atoms with van der Waals surface area (Å²) in [5.41, 5.74) is 4.20. The summed E-state index contributed by atoms with van der Waals surface area (Å²) >= 11 is 0. The highest BCUT2D eigenvalue weighted by atomic mass is 19.2. The minimum absolute atomic E-state index is 0.209. The van der Waals surface area contributed by atoms with Crippen molar-refractivity contribution < 1.29 is 18.3 Å². The van der Waals surface area contributed by atoms with Crippen molar-refractivity contribution in [3.63, 3.8) is 0 Å². The summed E-state index contributed by atoms with van der Waals surface area (Å²) in [6.45, 7) is 4.17. The third-order valence-corrected chi connectivity index (χ3v) is 5.96. The Labute approximate surface area is 194 Å². The van der Waals surface area contributed by atoms with Crippen LogP contribution < -0.4 is 0 Å². The maximum absolute atomic E-state index is 13.8. The quantitative estimate of drug-likeness (QED) is 0.449. The molecular formula is C25H22F3N5O. The lowest BCUT2D eigenvalue weighted by atomic mass is 9.89. The van der Waals surface area contributed by atoms with Crippen LogP contribution in [0.2, 0.25) is 0 Å². The van der Waals surface area contributed by atoms with E-state index in [4.69, 9.17) is 0 Å². The van der Waals surface area contributed by atoms with E-state index in [1.54, 1.807) is 12.4 Å². The van der Waals surface area contributed by atoms with Crippen LogP contribution in [-0.2, 0) is 6.54 Å². The van der Waals surface area contributed by atoms with Gasteiger partial charge in [0.1, 0.15) is 5.82 Å². The molecule has 2 aromatic carbocycles. The molecule has 3 heterocycles. The number of halogens is 3. The van der Waals surface area contributed by atoms with Gasteiger partial charge in [-0.3, -0.25) is 0 Å². The maximum Gasteiger partial charge on any atom is 0.194 e. The average molecular weight is 465 g/mol. The van der Waals surface area contributed by atoms with E-state index in [0.717, 1.165) is 34.6 Å². The van der Waals surface area contributed by atoms with Gasteiger partial charge in [-0.2, -0.15) is 5.10 Å². The zero-order chi connectivity index (χ0) is 24.0. The average Bonchev–Trinajstić information content (AvgIpc) is 3.41. The molecular weight excluding hydrogens is 443 g/mol. The van der Waals surface area contributed by atoms with Crippen molar-refractivity contribution in [3.8, 4) is 5.69 Å². The van der Waals surface area contributed by atoms with Crippen molar-refractivity contribution >= 4 is 12.2 Å². The molecule has 9 heteroatoms. The first-order valence-corrected chi connectivity index (χ1v) is 10.9. The third kappa shape index (κ3) is 4.14. The topological polar surface area (TPSA) is 68.8 Å². The zero-order valence-corrected chi connectivity index (χ0v) is 18.6. The van der Waals surface area contributed by atoms with E-state index in [0.29, 0.717) is 11.6 Å². The van der Waals surface area contributed by atoms with Crippen molar-refractivity contribution in [2.24, 2.45) is 0 Å². The summed E-state index contributed by atoms with van der Waals surface area (Å²) in [5.74, 6) is -3.80. The van der Waals surface area contributed by atoms with Crippen molar-refractivity contribution in [3.05, 3.63) is 94.3 Å². The summed E-state index contributed by atoms with van der Waals surface area (Å²) in [6.07, 6.45) is 6.79. The monoisotopic (exact) mass is 465 g/mol. The second kappa shape index (κ2) is 8.57. The Hall–Kier alpha value is -3.72. The van der Waals surface area contributed by atoms with E-state index in [2.05, 4.69) is 15.1 Å². The molecule has 0 saturated heterocycles. The number of hydrogen-bond acceptors (Lipinski definition) is 4. The Balaban J connectivity index is 1.43. The molecule has 0 aliphatic carbocycles. The van der Waals surface area contributed by atoms with Crippen LogP contribution in [0.5, 0.6) is 0 Å². The van der Waals surface area contributed by atoms with E-state index in [1.807, 2.05) is 48.9 Å². The Morgan fingerprint density at radius 2 is 1.82 bits per heavy atom. The first kappa shape index (κ1) is 22.1. The van der Waals surface area contributed by atoms with Gasteiger partial charge in [0.25, 0.3) is 0 Å². The fourth-order valence-corrected chi connectivity index (χ4v) is 4.34. The Morgan fingerprint density at radius 3 is 2.50 bits per heavy atom. The Bertz CT molecular complexity index is 1380. The van der Waals surface area contributed by atoms with Crippen molar-refractivity contribution in [2.45, 2.75) is 38.8 Å². The minimum Gasteiger partial charge on any atom is -0.391 e. The number of nitrogens with zero attached hydrogens (tertiary/aromatic N) is 5. The van der Waals surface area contributed by atoms with Crippen LogP contribution in [0.25, 0.3) is 17.8 Å². The lowest BCUT2D eigenvalue weighted by Crippen LogP contribution is -2.29. The highest BCUT2D eigenvalue weighted by Gasteiger charge is 2.31. The lowest BCUT2D eigenvalue weighted by molar-refractivity contribution is 0.117. The smallest absolute Gasteiger partial charge is 0.194 e. The largest absolute Gasteiger partial charge is 0.391 e. The molecule has 0 fully saturated rings. The van der Waals surface area contributed by atoms with Gasteiger partial charge in [0, 0.05) is 17.8 Å². The first-order chi connectivity index (χ1) is 16.3. The molecule has 2 atom stereocenters. The van der Waals surface area contributed by atoms with Crippen molar-refractivity contribution in [1.29, 1.82) is 0 Å². The van der Waals surface area contributed by atoms with Gasteiger partial charge in [-0.15, -0.1) is 0 Å². The van der Waals surface area contributed by atoms with Crippen LogP contribution in [0.15, 0.2) is 42.9 Å². The van der Waals surface area contributed by atoms with Gasteiger partial charge in [-0.05, 0) is 67.3 Å². The number of rotatable bonds is 4. The maximum atomic E-state index is 13.8. The zero-order valence-electron chi connectivity index (χ0n) is 18.6. The minimum atomic E-state index is -1.52. The summed E-state index contributed by atoms with van der Waals surface area (Å²) in [7, 11) is 0. The van der Waals surface area contributed by atoms with E-state index in [9.17, 15) is 18.3 Å². The standard InChI is InChI=1S/C25H22F3N5O/c1-14-7-16(3-5-22(14)32-11-15(2)29-13-32)4-6-23-30-25-19(10-18(34)12-33(25)31-23)17-8-20(26)24(28)21(27)9-17/h3-9,11,13,18-19,34H,10,12H2,1-2H3/b6-4+/t18-,19-/m0/s1. The Morgan fingerprint density at radius 1 is 1.06 bits per heavy atom. The number of aliphatic hydroxyl groups excluding tert-OH is 1. The molecule has 1 aliphatic heterocycles. The van der Waals surface area contributed by atoms with E-state index < -0.39 is 29.5 Å². The van der Waals surface area contributed by atoms with Crippen LogP contribution in [-0.4, -0.2) is 35.5 Å². The summed E-state index contributed by atoms with van der Waals surface area (Å²) < 4.78 is 44.6. The van der Waals surface area contributed by atoms with Gasteiger partial charge in [-0.1, -0.05) is 12.1 Å². The molecule has 6 nitrogen and oxygen atoms in total. The molecule has 1 N–H and O–H groups in total. The second-order valence-corrected chi connectivity index (χ2v) is 8.55. The molecule has 2 aromatic heterocycles. The predicted octanol–water partition coefficient (Wildman–Crippen LogP) is 4.56. The number of benzene rings is 2. The summed E-state index contributed by atoms with van der Waals surface area (Å²) in [4.78, 5) is 8.80. The first-order valence-electron chi connectivity index (χ1n) is 10.9. The highest BCUT2D eigenvalue weighted by Crippen LogP contribution is 2.34. The van der Waals surface area contributed by atoms with E-state index >= 15 is 0 Å². The van der Waals surface area contributed by atoms with Crippen LogP contribution in [0.1, 0.15) is 46.4 Å². The van der Waals surface area contributed by atoms with Gasteiger partial charge in [0.05, 0.1) is 24.7 Å². The fourth-order valence-electron chi connectivity index (χ4n) is 4.34. The van der Waals surface area contributed by atoms with Gasteiger partial charge in [0.2, 0.25) is 0 Å². The molecule has 5 rings (SSSR count). The number of imidazole rings is 1. The predicted molar refractivity (Wildman–Crippen MR) is 121 cm³/mol. The van der Waals surface area contributed by atoms with Crippen molar-refractivity contribution in [1.82, 2.24) is 24.3 Å². The molecule has 0 spiro atoms. The third-order valence-electron chi connectivity index (χ3n) is 5.96. The summed E-state index contributed by atoms with van der Waals surface area (Å²) in [6, 6.07) is 7.91. The second-order valence-electron chi connectivity index (χ2n) is 8.55. The number of aromatic nitrogens is 5. The van der Waals surface area contributed by atoms with Crippen LogP contribution >= 0.6 is 0 Å². The van der Waals surface area contributed by atoms with Gasteiger partial charge < -0.3 is 9.67 Å². The molecule has 0 saturated carbocycles. The molecule has 0 unspecified atom stereocenters. The SMILES string of the molecule is Cc1cn(-c2ccc(/C=C/c3nc4n(n3)C[C@@H](O)C[C@H]4c3cc(F)c(F)c(F)c3)cc2C)cn1. The number of fused-ring (bicyclic) bond motifs is 1. The van der Waals surface area contributed by atoms with Crippen LogP contribution in [0.3, 0.4) is 0 Å². The van der Waals surface area contributed by atoms with Gasteiger partial charge in [0.15, 0.2) is 23.3 Å². The Kier molecular flexibility index (Phi) is 5.57. The lowest BCUT2D eigenvalue weighted by Gasteiger charge is -2.26. The molecule has 0 amide bonds. The molecule has 34 heavy (non-hydrogen) atoms. The molecule has 0 bridgehead atoms. The normalized spacial score (nSPS) is 17.9. The van der Waals surface area contributed by atoms with Crippen LogP contribution in [0, 0.1) is 31.3 Å². The van der Waals surface area contributed by atoms with Crippen molar-refractivity contribution in [2.75, 3.05) is 0 Å². The molecule has 4 aromatic rings.